The fourth-order valence-corrected chi connectivity index (χ4v) is 3.70. The van der Waals surface area contributed by atoms with Crippen LogP contribution in [0.3, 0.4) is 0 Å². The highest BCUT2D eigenvalue weighted by molar-refractivity contribution is 6.21. The summed E-state index contributed by atoms with van der Waals surface area (Å²) < 4.78 is 32.3. The van der Waals surface area contributed by atoms with Gasteiger partial charge in [0.05, 0.1) is 34.0 Å². The normalized spacial score (nSPS) is 11.9. The molecule has 9 heteroatoms. The van der Waals surface area contributed by atoms with Gasteiger partial charge in [-0.25, -0.2) is 4.79 Å². The molecule has 0 fully saturated rings. The Bertz CT molecular complexity index is 1230. The molecule has 0 saturated carbocycles. The van der Waals surface area contributed by atoms with Gasteiger partial charge < -0.3 is 38.8 Å². The summed E-state index contributed by atoms with van der Waals surface area (Å²) in [6, 6.07) is 19.8. The lowest BCUT2D eigenvalue weighted by Crippen LogP contribution is -2.33. The molecule has 3 aromatic rings. The predicted molar refractivity (Wildman–Crippen MR) is 149 cm³/mol. The summed E-state index contributed by atoms with van der Waals surface area (Å²) in [5, 5.41) is 13.4. The molecule has 208 valence electrons. The molecule has 9 nitrogen and oxygen atoms in total. The highest BCUT2D eigenvalue weighted by Crippen LogP contribution is 2.30. The molecule has 0 aliphatic carbocycles. The quantitative estimate of drug-likeness (QED) is 0.130. The van der Waals surface area contributed by atoms with Crippen molar-refractivity contribution in [1.82, 2.24) is 5.32 Å². The Morgan fingerprint density at radius 1 is 0.846 bits per heavy atom. The fraction of sp³-hybridized carbons (Fsp3) is 0.300. The van der Waals surface area contributed by atoms with E-state index in [-0.39, 0.29) is 6.61 Å². The number of ether oxygens (including phenoxy) is 6. The number of esters is 1. The Morgan fingerprint density at radius 2 is 1.51 bits per heavy atom. The molecule has 0 aromatic heterocycles. The minimum absolute atomic E-state index is 0.102. The SMILES string of the molecule is COC(=O)/C(=C/c1ccc(OC)c(OC)c1)c1ccc(OCC(O)CNCCOc2ccccc2OC)cc1. The molecular formula is C30H35NO8. The van der Waals surface area contributed by atoms with Crippen molar-refractivity contribution in [3.8, 4) is 28.7 Å². The highest BCUT2D eigenvalue weighted by Gasteiger charge is 2.14. The first kappa shape index (κ1) is 29.3. The second-order valence-electron chi connectivity index (χ2n) is 8.36. The van der Waals surface area contributed by atoms with E-state index in [2.05, 4.69) is 5.32 Å². The van der Waals surface area contributed by atoms with E-state index in [4.69, 9.17) is 28.4 Å². The van der Waals surface area contributed by atoms with Crippen LogP contribution in [0.4, 0.5) is 0 Å². The molecule has 0 bridgehead atoms. The monoisotopic (exact) mass is 537 g/mol. The number of nitrogens with one attached hydrogen (secondary N) is 1. The number of carbonyl (C=O) groups excluding carboxylic acids is 1. The first-order valence-electron chi connectivity index (χ1n) is 12.4. The van der Waals surface area contributed by atoms with Crippen molar-refractivity contribution in [2.75, 3.05) is 54.7 Å². The van der Waals surface area contributed by atoms with Crippen LogP contribution in [0, 0.1) is 0 Å². The minimum atomic E-state index is -0.716. The zero-order chi connectivity index (χ0) is 28.0. The summed E-state index contributed by atoms with van der Waals surface area (Å²) in [7, 11) is 6.05. The molecule has 39 heavy (non-hydrogen) atoms. The second-order valence-corrected chi connectivity index (χ2v) is 8.36. The third-order valence-corrected chi connectivity index (χ3v) is 5.72. The van der Waals surface area contributed by atoms with Gasteiger partial charge in [-0.1, -0.05) is 30.3 Å². The van der Waals surface area contributed by atoms with Crippen LogP contribution < -0.4 is 29.0 Å². The molecular weight excluding hydrogens is 502 g/mol. The molecule has 3 rings (SSSR count). The molecule has 0 saturated heterocycles. The third kappa shape index (κ3) is 8.66. The van der Waals surface area contributed by atoms with Gasteiger partial charge in [0.25, 0.3) is 0 Å². The van der Waals surface area contributed by atoms with E-state index < -0.39 is 12.1 Å². The van der Waals surface area contributed by atoms with Crippen LogP contribution in [-0.2, 0) is 9.53 Å². The summed E-state index contributed by atoms with van der Waals surface area (Å²) in [6.07, 6.45) is 1.00. The van der Waals surface area contributed by atoms with E-state index in [0.717, 1.165) is 5.56 Å². The second kappa shape index (κ2) is 15.3. The van der Waals surface area contributed by atoms with E-state index in [1.54, 1.807) is 63.8 Å². The van der Waals surface area contributed by atoms with Gasteiger partial charge in [-0.15, -0.1) is 0 Å². The molecule has 0 aliphatic heterocycles. The topological polar surface area (TPSA) is 105 Å². The smallest absolute Gasteiger partial charge is 0.338 e. The Balaban J connectivity index is 1.51. The summed E-state index contributed by atoms with van der Waals surface area (Å²) in [6.45, 7) is 1.42. The van der Waals surface area contributed by atoms with Crippen LogP contribution >= 0.6 is 0 Å². The number of para-hydroxylation sites is 2. The van der Waals surface area contributed by atoms with Crippen LogP contribution in [0.1, 0.15) is 11.1 Å². The van der Waals surface area contributed by atoms with Crippen molar-refractivity contribution in [2.45, 2.75) is 6.10 Å². The number of hydrogen-bond acceptors (Lipinski definition) is 9. The van der Waals surface area contributed by atoms with Crippen molar-refractivity contribution in [1.29, 1.82) is 0 Å². The molecule has 0 spiro atoms. The van der Waals surface area contributed by atoms with E-state index in [0.29, 0.717) is 59.6 Å². The van der Waals surface area contributed by atoms with Crippen LogP contribution in [-0.4, -0.2) is 71.9 Å². The summed E-state index contributed by atoms with van der Waals surface area (Å²) in [5.41, 5.74) is 1.77. The van der Waals surface area contributed by atoms with Crippen LogP contribution in [0.25, 0.3) is 11.6 Å². The van der Waals surface area contributed by atoms with Gasteiger partial charge in [-0.05, 0) is 53.6 Å². The maximum atomic E-state index is 12.5. The van der Waals surface area contributed by atoms with Crippen LogP contribution in [0.15, 0.2) is 66.7 Å². The van der Waals surface area contributed by atoms with E-state index in [9.17, 15) is 9.90 Å². The molecule has 2 N–H and O–H groups in total. The molecule has 1 unspecified atom stereocenters. The Labute approximate surface area is 228 Å². The van der Waals surface area contributed by atoms with Crippen LogP contribution in [0.2, 0.25) is 0 Å². The number of aliphatic hydroxyl groups excluding tert-OH is 1. The lowest BCUT2D eigenvalue weighted by atomic mass is 10.0. The zero-order valence-corrected chi connectivity index (χ0v) is 22.6. The van der Waals surface area contributed by atoms with E-state index in [1.807, 2.05) is 30.3 Å². The van der Waals surface area contributed by atoms with Gasteiger partial charge in [-0.3, -0.25) is 0 Å². The number of carbonyl (C=O) groups is 1. The molecule has 0 amide bonds. The highest BCUT2D eigenvalue weighted by atomic mass is 16.5. The van der Waals surface area contributed by atoms with Crippen molar-refractivity contribution >= 4 is 17.6 Å². The van der Waals surface area contributed by atoms with Gasteiger partial charge in [-0.2, -0.15) is 0 Å². The Hall–Kier alpha value is -4.21. The number of benzene rings is 3. The predicted octanol–water partition coefficient (Wildman–Crippen LogP) is 3.83. The van der Waals surface area contributed by atoms with Crippen LogP contribution in [0.5, 0.6) is 28.7 Å². The van der Waals surface area contributed by atoms with Gasteiger partial charge in [0.2, 0.25) is 0 Å². The third-order valence-electron chi connectivity index (χ3n) is 5.72. The first-order valence-corrected chi connectivity index (χ1v) is 12.4. The van der Waals surface area contributed by atoms with Gasteiger partial charge in [0.15, 0.2) is 23.0 Å². The summed E-state index contributed by atoms with van der Waals surface area (Å²) in [5.74, 6) is 2.57. The largest absolute Gasteiger partial charge is 0.493 e. The van der Waals surface area contributed by atoms with Crippen molar-refractivity contribution in [3.63, 3.8) is 0 Å². The molecule has 3 aromatic carbocycles. The van der Waals surface area contributed by atoms with Crippen molar-refractivity contribution < 1.29 is 38.3 Å². The molecule has 0 heterocycles. The molecule has 0 radical (unpaired) electrons. The van der Waals surface area contributed by atoms with Gasteiger partial charge in [0.1, 0.15) is 25.1 Å². The van der Waals surface area contributed by atoms with Gasteiger partial charge in [0, 0.05) is 13.1 Å². The standard InChI is InChI=1S/C30H35NO8/c1-34-26-7-5-6-8-28(26)38-16-15-31-19-23(32)20-39-24-12-10-22(11-13-24)25(30(33)37-4)17-21-9-14-27(35-2)29(18-21)36-3/h5-14,17-18,23,31-32H,15-16,19-20H2,1-4H3/b25-17+. The maximum Gasteiger partial charge on any atom is 0.338 e. The van der Waals surface area contributed by atoms with Crippen molar-refractivity contribution in [2.24, 2.45) is 0 Å². The Kier molecular flexibility index (Phi) is 11.5. The fourth-order valence-electron chi connectivity index (χ4n) is 3.70. The Morgan fingerprint density at radius 3 is 2.18 bits per heavy atom. The van der Waals surface area contributed by atoms with E-state index >= 15 is 0 Å². The maximum absolute atomic E-state index is 12.5. The number of methoxy groups -OCH3 is 4. The lowest BCUT2D eigenvalue weighted by molar-refractivity contribution is -0.133. The first-order chi connectivity index (χ1) is 19.0. The van der Waals surface area contributed by atoms with Gasteiger partial charge >= 0.3 is 5.97 Å². The number of hydrogen-bond donors (Lipinski definition) is 2. The zero-order valence-electron chi connectivity index (χ0n) is 22.6. The minimum Gasteiger partial charge on any atom is -0.493 e. The van der Waals surface area contributed by atoms with Crippen molar-refractivity contribution in [3.05, 3.63) is 77.9 Å². The lowest BCUT2D eigenvalue weighted by Gasteiger charge is -2.15. The summed E-state index contributed by atoms with van der Waals surface area (Å²) in [4.78, 5) is 12.5. The molecule has 1 atom stereocenters. The average molecular weight is 538 g/mol. The summed E-state index contributed by atoms with van der Waals surface area (Å²) >= 11 is 0. The number of rotatable bonds is 15. The molecule has 0 aliphatic rings. The number of aliphatic hydroxyl groups is 1. The van der Waals surface area contributed by atoms with E-state index in [1.165, 1.54) is 7.11 Å². The average Bonchev–Trinajstić information content (AvgIpc) is 2.98.